The summed E-state index contributed by atoms with van der Waals surface area (Å²) in [4.78, 5) is 13.9. The third-order valence-electron chi connectivity index (χ3n) is 4.49. The Morgan fingerprint density at radius 1 is 1.30 bits per heavy atom. The van der Waals surface area contributed by atoms with Crippen molar-refractivity contribution in [2.45, 2.75) is 52.0 Å². The zero-order chi connectivity index (χ0) is 16.6. The van der Waals surface area contributed by atoms with Crippen molar-refractivity contribution in [3.63, 3.8) is 0 Å². The van der Waals surface area contributed by atoms with Crippen LogP contribution in [0, 0.1) is 11.7 Å². The maximum Gasteiger partial charge on any atom is 0.250 e. The maximum atomic E-state index is 14.5. The minimum atomic E-state index is -0.281. The second-order valence-corrected chi connectivity index (χ2v) is 7.09. The Kier molecular flexibility index (Phi) is 4.42. The first-order valence-corrected chi connectivity index (χ1v) is 8.43. The van der Waals surface area contributed by atoms with E-state index in [2.05, 4.69) is 13.8 Å². The molecular weight excluding hydrogens is 293 g/mol. The predicted octanol–water partition coefficient (Wildman–Crippen LogP) is 4.24. The van der Waals surface area contributed by atoms with Crippen molar-refractivity contribution >= 4 is 5.91 Å². The van der Waals surface area contributed by atoms with Gasteiger partial charge in [0, 0.05) is 12.1 Å². The zero-order valence-corrected chi connectivity index (χ0v) is 14.0. The number of amides is 1. The minimum Gasteiger partial charge on any atom is -0.457 e. The quantitative estimate of drug-likeness (QED) is 0.785. The topological polar surface area (TPSA) is 29.5 Å². The lowest BCUT2D eigenvalue weighted by Crippen LogP contribution is -2.36. The van der Waals surface area contributed by atoms with Crippen molar-refractivity contribution in [1.29, 1.82) is 0 Å². The normalized spacial score (nSPS) is 19.3. The SMILES string of the molecule is CC(C)C[C@H](C)N1CC(Oc2cccc(C3CC3)c2F)=CC1=O. The van der Waals surface area contributed by atoms with Gasteiger partial charge in [0.05, 0.1) is 6.54 Å². The molecule has 1 fully saturated rings. The summed E-state index contributed by atoms with van der Waals surface area (Å²) in [6.07, 6.45) is 4.52. The van der Waals surface area contributed by atoms with E-state index in [4.69, 9.17) is 4.74 Å². The van der Waals surface area contributed by atoms with Crippen LogP contribution in [0.5, 0.6) is 5.75 Å². The van der Waals surface area contributed by atoms with Crippen LogP contribution in [0.1, 0.15) is 51.5 Å². The monoisotopic (exact) mass is 317 g/mol. The average Bonchev–Trinajstić information content (AvgIpc) is 3.24. The van der Waals surface area contributed by atoms with Crippen LogP contribution in [0.25, 0.3) is 0 Å². The number of benzene rings is 1. The van der Waals surface area contributed by atoms with Gasteiger partial charge in [-0.1, -0.05) is 26.0 Å². The fraction of sp³-hybridized carbons (Fsp3) is 0.526. The summed E-state index contributed by atoms with van der Waals surface area (Å²) in [6.45, 7) is 6.74. The van der Waals surface area contributed by atoms with Crippen LogP contribution in [0.4, 0.5) is 4.39 Å². The fourth-order valence-corrected chi connectivity index (χ4v) is 3.21. The Balaban J connectivity index is 1.69. The summed E-state index contributed by atoms with van der Waals surface area (Å²) in [5, 5.41) is 0. The van der Waals surface area contributed by atoms with E-state index in [9.17, 15) is 9.18 Å². The Labute approximate surface area is 137 Å². The first-order valence-electron chi connectivity index (χ1n) is 8.43. The molecule has 1 aromatic rings. The van der Waals surface area contributed by atoms with Gasteiger partial charge in [0.1, 0.15) is 5.76 Å². The molecule has 2 aliphatic rings. The Bertz CT molecular complexity index is 634. The molecule has 1 atom stereocenters. The van der Waals surface area contributed by atoms with E-state index in [1.165, 1.54) is 6.08 Å². The molecule has 1 amide bonds. The molecule has 1 heterocycles. The molecule has 0 radical (unpaired) electrons. The third kappa shape index (κ3) is 3.57. The van der Waals surface area contributed by atoms with Crippen molar-refractivity contribution in [3.05, 3.63) is 41.4 Å². The van der Waals surface area contributed by atoms with E-state index in [0.29, 0.717) is 24.1 Å². The van der Waals surface area contributed by atoms with Gasteiger partial charge in [0.25, 0.3) is 5.91 Å². The molecule has 0 spiro atoms. The Morgan fingerprint density at radius 3 is 2.70 bits per heavy atom. The lowest BCUT2D eigenvalue weighted by Gasteiger charge is -2.26. The van der Waals surface area contributed by atoms with Crippen LogP contribution in [0.15, 0.2) is 30.0 Å². The lowest BCUT2D eigenvalue weighted by molar-refractivity contribution is -0.126. The summed E-state index contributed by atoms with van der Waals surface area (Å²) in [5.41, 5.74) is 0.734. The molecule has 23 heavy (non-hydrogen) atoms. The second kappa shape index (κ2) is 6.34. The molecule has 0 bridgehead atoms. The van der Waals surface area contributed by atoms with Gasteiger partial charge in [-0.15, -0.1) is 0 Å². The van der Waals surface area contributed by atoms with Crippen molar-refractivity contribution in [2.24, 2.45) is 5.92 Å². The molecule has 0 N–H and O–H groups in total. The summed E-state index contributed by atoms with van der Waals surface area (Å²) >= 11 is 0. The van der Waals surface area contributed by atoms with Crippen LogP contribution >= 0.6 is 0 Å². The van der Waals surface area contributed by atoms with E-state index in [0.717, 1.165) is 24.8 Å². The van der Waals surface area contributed by atoms with Gasteiger partial charge in [-0.05, 0) is 49.7 Å². The predicted molar refractivity (Wildman–Crippen MR) is 87.7 cm³/mol. The van der Waals surface area contributed by atoms with Crippen LogP contribution in [0.3, 0.4) is 0 Å². The van der Waals surface area contributed by atoms with Gasteiger partial charge in [-0.25, -0.2) is 4.39 Å². The van der Waals surface area contributed by atoms with Crippen molar-refractivity contribution in [1.82, 2.24) is 4.90 Å². The molecule has 4 heteroatoms. The Morgan fingerprint density at radius 2 is 2.04 bits per heavy atom. The number of carbonyl (C=O) groups is 1. The van der Waals surface area contributed by atoms with Crippen molar-refractivity contribution < 1.29 is 13.9 Å². The molecule has 124 valence electrons. The van der Waals surface area contributed by atoms with Gasteiger partial charge in [-0.3, -0.25) is 4.79 Å². The van der Waals surface area contributed by atoms with E-state index in [-0.39, 0.29) is 23.5 Å². The fourth-order valence-electron chi connectivity index (χ4n) is 3.21. The molecule has 0 aromatic heterocycles. The highest BCUT2D eigenvalue weighted by Crippen LogP contribution is 2.43. The first-order chi connectivity index (χ1) is 11.0. The molecule has 3 nitrogen and oxygen atoms in total. The third-order valence-corrected chi connectivity index (χ3v) is 4.49. The molecule has 0 unspecified atom stereocenters. The lowest BCUT2D eigenvalue weighted by atomic mass is 10.0. The van der Waals surface area contributed by atoms with Crippen molar-refractivity contribution in [2.75, 3.05) is 6.54 Å². The number of nitrogens with zero attached hydrogens (tertiary/aromatic N) is 1. The van der Waals surface area contributed by atoms with Gasteiger partial charge < -0.3 is 9.64 Å². The molecule has 1 aliphatic heterocycles. The summed E-state index contributed by atoms with van der Waals surface area (Å²) in [7, 11) is 0. The van der Waals surface area contributed by atoms with E-state index < -0.39 is 0 Å². The van der Waals surface area contributed by atoms with Crippen molar-refractivity contribution in [3.8, 4) is 5.75 Å². The number of carbonyl (C=O) groups excluding carboxylic acids is 1. The molecular formula is C19H24FNO2. The van der Waals surface area contributed by atoms with Gasteiger partial charge in [0.15, 0.2) is 11.6 Å². The first kappa shape index (κ1) is 16.0. The molecule has 0 saturated heterocycles. The number of ether oxygens (including phenoxy) is 1. The highest BCUT2D eigenvalue weighted by Gasteiger charge is 2.30. The minimum absolute atomic E-state index is 0.0492. The molecule has 1 aliphatic carbocycles. The molecule has 1 aromatic carbocycles. The van der Waals surface area contributed by atoms with E-state index in [1.54, 1.807) is 11.0 Å². The maximum absolute atomic E-state index is 14.5. The zero-order valence-electron chi connectivity index (χ0n) is 14.0. The number of hydrogen-bond acceptors (Lipinski definition) is 2. The summed E-state index contributed by atoms with van der Waals surface area (Å²) in [5.74, 6) is 1.28. The van der Waals surface area contributed by atoms with Crippen LogP contribution in [0.2, 0.25) is 0 Å². The molecule has 1 saturated carbocycles. The van der Waals surface area contributed by atoms with E-state index in [1.807, 2.05) is 19.1 Å². The Hall–Kier alpha value is -1.84. The number of hydrogen-bond donors (Lipinski definition) is 0. The largest absolute Gasteiger partial charge is 0.457 e. The molecule has 3 rings (SSSR count). The van der Waals surface area contributed by atoms with Crippen LogP contribution in [-0.2, 0) is 4.79 Å². The van der Waals surface area contributed by atoms with Gasteiger partial charge >= 0.3 is 0 Å². The van der Waals surface area contributed by atoms with Gasteiger partial charge in [0.2, 0.25) is 0 Å². The smallest absolute Gasteiger partial charge is 0.250 e. The summed E-state index contributed by atoms with van der Waals surface area (Å²) in [6, 6.07) is 5.43. The van der Waals surface area contributed by atoms with E-state index >= 15 is 0 Å². The number of halogens is 1. The highest BCUT2D eigenvalue weighted by molar-refractivity contribution is 5.91. The second-order valence-electron chi connectivity index (χ2n) is 7.09. The standard InChI is InChI=1S/C19H24FNO2/c1-12(2)9-13(3)21-11-15(10-18(21)22)23-17-6-4-5-16(19(17)20)14-7-8-14/h4-6,10,12-14H,7-9,11H2,1-3H3/t13-/m0/s1. The average molecular weight is 317 g/mol. The number of rotatable bonds is 6. The summed E-state index contributed by atoms with van der Waals surface area (Å²) < 4.78 is 20.2. The van der Waals surface area contributed by atoms with Crippen LogP contribution < -0.4 is 4.74 Å². The van der Waals surface area contributed by atoms with Gasteiger partial charge in [-0.2, -0.15) is 0 Å². The highest BCUT2D eigenvalue weighted by atomic mass is 19.1. The van der Waals surface area contributed by atoms with Crippen LogP contribution in [-0.4, -0.2) is 23.4 Å².